The molecule has 3 heteroatoms. The molecule has 126 valence electrons. The van der Waals surface area contributed by atoms with E-state index in [-0.39, 0.29) is 16.8 Å². The van der Waals surface area contributed by atoms with Gasteiger partial charge in [-0.1, -0.05) is 72.3 Å². The molecule has 0 unspecified atom stereocenters. The zero-order valence-electron chi connectivity index (χ0n) is 14.3. The Bertz CT molecular complexity index is 1160. The second-order valence-electron chi connectivity index (χ2n) is 6.31. The number of carbonyl (C=O) groups excluding carboxylic acids is 1. The van der Waals surface area contributed by atoms with Crippen LogP contribution >= 0.6 is 0 Å². The molecular formula is C23H17NO2. The number of pyridine rings is 1. The largest absolute Gasteiger partial charge is 0.354 e. The van der Waals surface area contributed by atoms with E-state index < -0.39 is 0 Å². The lowest BCUT2D eigenvalue weighted by molar-refractivity contribution is 0.103. The summed E-state index contributed by atoms with van der Waals surface area (Å²) < 4.78 is 0. The van der Waals surface area contributed by atoms with E-state index in [0.29, 0.717) is 16.6 Å². The van der Waals surface area contributed by atoms with Crippen molar-refractivity contribution in [2.75, 3.05) is 0 Å². The number of fused-ring (bicyclic) bond motifs is 1. The van der Waals surface area contributed by atoms with E-state index in [1.54, 1.807) is 24.3 Å². The van der Waals surface area contributed by atoms with Crippen LogP contribution in [0.3, 0.4) is 0 Å². The van der Waals surface area contributed by atoms with E-state index in [0.717, 1.165) is 16.6 Å². The van der Waals surface area contributed by atoms with E-state index in [1.807, 2.05) is 61.5 Å². The average molecular weight is 339 g/mol. The summed E-state index contributed by atoms with van der Waals surface area (Å²) in [5.41, 5.74) is 3.59. The molecule has 1 aromatic heterocycles. The van der Waals surface area contributed by atoms with E-state index >= 15 is 0 Å². The van der Waals surface area contributed by atoms with Gasteiger partial charge in [0.25, 0.3) is 0 Å². The van der Waals surface area contributed by atoms with Crippen LogP contribution in [-0.2, 0) is 0 Å². The fraction of sp³-hybridized carbons (Fsp3) is 0.0435. The average Bonchev–Trinajstić information content (AvgIpc) is 2.69. The normalized spacial score (nSPS) is 10.8. The zero-order valence-corrected chi connectivity index (χ0v) is 14.3. The SMILES string of the molecule is Cc1ccc(C(=O)c2c(-c3ccccc3)[nH]c3ccccc3c2=O)cc1. The number of aromatic amines is 1. The van der Waals surface area contributed by atoms with Crippen LogP contribution in [0.4, 0.5) is 0 Å². The molecule has 4 rings (SSSR count). The van der Waals surface area contributed by atoms with Gasteiger partial charge in [-0.15, -0.1) is 0 Å². The van der Waals surface area contributed by atoms with Crippen LogP contribution in [0.2, 0.25) is 0 Å². The molecule has 4 aromatic rings. The van der Waals surface area contributed by atoms with Gasteiger partial charge in [-0.3, -0.25) is 9.59 Å². The first-order chi connectivity index (χ1) is 12.6. The van der Waals surface area contributed by atoms with Crippen LogP contribution in [0.15, 0.2) is 83.7 Å². The van der Waals surface area contributed by atoms with Gasteiger partial charge in [-0.25, -0.2) is 0 Å². The molecule has 0 atom stereocenters. The van der Waals surface area contributed by atoms with Crippen LogP contribution in [-0.4, -0.2) is 10.8 Å². The minimum absolute atomic E-state index is 0.179. The molecule has 0 amide bonds. The summed E-state index contributed by atoms with van der Waals surface area (Å²) in [5.74, 6) is -0.268. The third kappa shape index (κ3) is 2.74. The highest BCUT2D eigenvalue weighted by atomic mass is 16.1. The van der Waals surface area contributed by atoms with E-state index in [1.165, 1.54) is 0 Å². The van der Waals surface area contributed by atoms with E-state index in [4.69, 9.17) is 0 Å². The molecule has 0 aliphatic heterocycles. The van der Waals surface area contributed by atoms with Crippen LogP contribution in [0, 0.1) is 6.92 Å². The topological polar surface area (TPSA) is 49.9 Å². The summed E-state index contributed by atoms with van der Waals surface area (Å²) in [5, 5.41) is 0.516. The number of carbonyl (C=O) groups is 1. The maximum Gasteiger partial charge on any atom is 0.201 e. The fourth-order valence-corrected chi connectivity index (χ4v) is 3.12. The van der Waals surface area contributed by atoms with Gasteiger partial charge in [0.15, 0.2) is 5.78 Å². The zero-order chi connectivity index (χ0) is 18.1. The van der Waals surface area contributed by atoms with Crippen molar-refractivity contribution in [2.45, 2.75) is 6.92 Å². The first-order valence-corrected chi connectivity index (χ1v) is 8.47. The summed E-state index contributed by atoms with van der Waals surface area (Å²) >= 11 is 0. The van der Waals surface area contributed by atoms with Gasteiger partial charge in [0.05, 0.1) is 11.3 Å². The molecule has 0 saturated heterocycles. The molecule has 0 fully saturated rings. The molecule has 26 heavy (non-hydrogen) atoms. The smallest absolute Gasteiger partial charge is 0.201 e. The molecule has 3 aromatic carbocycles. The molecule has 1 heterocycles. The molecule has 0 radical (unpaired) electrons. The fourth-order valence-electron chi connectivity index (χ4n) is 3.12. The van der Waals surface area contributed by atoms with Gasteiger partial charge in [-0.05, 0) is 24.6 Å². The first-order valence-electron chi connectivity index (χ1n) is 8.47. The molecular weight excluding hydrogens is 322 g/mol. The number of rotatable bonds is 3. The number of H-pyrrole nitrogens is 1. The summed E-state index contributed by atoms with van der Waals surface area (Å²) in [6.07, 6.45) is 0. The number of benzene rings is 3. The first kappa shape index (κ1) is 16.0. The number of aromatic nitrogens is 1. The Kier molecular flexibility index (Phi) is 3.98. The van der Waals surface area contributed by atoms with Gasteiger partial charge in [0.2, 0.25) is 5.43 Å². The maximum atomic E-state index is 13.2. The third-order valence-electron chi connectivity index (χ3n) is 4.51. The number of para-hydroxylation sites is 1. The lowest BCUT2D eigenvalue weighted by Gasteiger charge is -2.11. The van der Waals surface area contributed by atoms with Crippen molar-refractivity contribution in [3.63, 3.8) is 0 Å². The van der Waals surface area contributed by atoms with Crippen molar-refractivity contribution in [2.24, 2.45) is 0 Å². The maximum absolute atomic E-state index is 13.2. The van der Waals surface area contributed by atoms with Crippen LogP contribution < -0.4 is 5.43 Å². The number of aryl methyl sites for hydroxylation is 1. The van der Waals surface area contributed by atoms with Gasteiger partial charge in [-0.2, -0.15) is 0 Å². The minimum Gasteiger partial charge on any atom is -0.354 e. The van der Waals surface area contributed by atoms with Crippen LogP contribution in [0.5, 0.6) is 0 Å². The lowest BCUT2D eigenvalue weighted by Crippen LogP contribution is -2.19. The summed E-state index contributed by atoms with van der Waals surface area (Å²) in [4.78, 5) is 29.7. The Balaban J connectivity index is 2.03. The van der Waals surface area contributed by atoms with Crippen LogP contribution in [0.25, 0.3) is 22.2 Å². The van der Waals surface area contributed by atoms with E-state index in [2.05, 4.69) is 4.98 Å². The second kappa shape index (κ2) is 6.45. The molecule has 1 N–H and O–H groups in total. The molecule has 0 aliphatic carbocycles. The molecule has 0 aliphatic rings. The van der Waals surface area contributed by atoms with Crippen molar-refractivity contribution in [3.05, 3.63) is 106 Å². The minimum atomic E-state index is -0.268. The van der Waals surface area contributed by atoms with Crippen molar-refractivity contribution in [1.29, 1.82) is 0 Å². The second-order valence-corrected chi connectivity index (χ2v) is 6.31. The van der Waals surface area contributed by atoms with E-state index in [9.17, 15) is 9.59 Å². The summed E-state index contributed by atoms with van der Waals surface area (Å²) in [7, 11) is 0. The van der Waals surface area contributed by atoms with Crippen molar-refractivity contribution in [3.8, 4) is 11.3 Å². The lowest BCUT2D eigenvalue weighted by atomic mass is 9.95. The van der Waals surface area contributed by atoms with Crippen molar-refractivity contribution in [1.82, 2.24) is 4.98 Å². The van der Waals surface area contributed by atoms with Gasteiger partial charge in [0.1, 0.15) is 0 Å². The highest BCUT2D eigenvalue weighted by molar-refractivity contribution is 6.13. The van der Waals surface area contributed by atoms with Gasteiger partial charge in [0, 0.05) is 16.5 Å². The third-order valence-corrected chi connectivity index (χ3v) is 4.51. The Morgan fingerprint density at radius 1 is 0.808 bits per heavy atom. The quantitative estimate of drug-likeness (QED) is 0.548. The number of hydrogen-bond donors (Lipinski definition) is 1. The molecule has 0 spiro atoms. The Morgan fingerprint density at radius 2 is 1.46 bits per heavy atom. The predicted molar refractivity (Wildman–Crippen MR) is 105 cm³/mol. The summed E-state index contributed by atoms with van der Waals surface area (Å²) in [6.45, 7) is 1.96. The monoisotopic (exact) mass is 339 g/mol. The Morgan fingerprint density at radius 3 is 2.19 bits per heavy atom. The number of hydrogen-bond acceptors (Lipinski definition) is 2. The standard InChI is InChI=1S/C23H17NO2/c1-15-11-13-17(14-12-15)22(25)20-21(16-7-3-2-4-8-16)24-19-10-6-5-9-18(19)23(20)26/h2-14H,1H3,(H,24,26). The number of ketones is 1. The Hall–Kier alpha value is -3.46. The highest BCUT2D eigenvalue weighted by Gasteiger charge is 2.21. The van der Waals surface area contributed by atoms with Crippen molar-refractivity contribution >= 4 is 16.7 Å². The highest BCUT2D eigenvalue weighted by Crippen LogP contribution is 2.24. The van der Waals surface area contributed by atoms with Crippen LogP contribution in [0.1, 0.15) is 21.5 Å². The number of nitrogens with one attached hydrogen (secondary N) is 1. The predicted octanol–water partition coefficient (Wildman–Crippen LogP) is 4.73. The molecule has 0 saturated carbocycles. The van der Waals surface area contributed by atoms with Crippen molar-refractivity contribution < 1.29 is 4.79 Å². The Labute approximate surface area is 150 Å². The molecule has 3 nitrogen and oxygen atoms in total. The molecule has 0 bridgehead atoms. The van der Waals surface area contributed by atoms with Gasteiger partial charge >= 0.3 is 0 Å². The van der Waals surface area contributed by atoms with Gasteiger partial charge < -0.3 is 4.98 Å². The summed E-state index contributed by atoms with van der Waals surface area (Å²) in [6, 6.07) is 24.0.